The fourth-order valence-electron chi connectivity index (χ4n) is 3.65. The predicted octanol–water partition coefficient (Wildman–Crippen LogP) is 4.31. The molecule has 0 aromatic carbocycles. The molecule has 3 N–H and O–H groups in total. The summed E-state index contributed by atoms with van der Waals surface area (Å²) in [6.07, 6.45) is 13.5. The van der Waals surface area contributed by atoms with Crippen LogP contribution in [0.5, 0.6) is 0 Å². The molecule has 0 saturated carbocycles. The molecule has 0 radical (unpaired) electrons. The van der Waals surface area contributed by atoms with Gasteiger partial charge in [0.15, 0.2) is 6.29 Å². The van der Waals surface area contributed by atoms with Gasteiger partial charge in [-0.05, 0) is 13.3 Å². The molecule has 27 heavy (non-hydrogen) atoms. The monoisotopic (exact) mass is 388 g/mol. The maximum atomic E-state index is 9.88. The molecule has 0 spiro atoms. The summed E-state index contributed by atoms with van der Waals surface area (Å²) in [6.45, 7) is 4.44. The third kappa shape index (κ3) is 10.8. The Balaban J connectivity index is 1.85. The Morgan fingerprint density at radius 2 is 1.07 bits per heavy atom. The molecule has 1 aliphatic rings. The van der Waals surface area contributed by atoms with Crippen LogP contribution in [0.3, 0.4) is 0 Å². The molecule has 1 saturated heterocycles. The highest BCUT2D eigenvalue weighted by Gasteiger charge is 2.42. The Labute approximate surface area is 166 Å². The van der Waals surface area contributed by atoms with Gasteiger partial charge in [-0.25, -0.2) is 0 Å². The van der Waals surface area contributed by atoms with Crippen molar-refractivity contribution in [2.75, 3.05) is 6.61 Å². The van der Waals surface area contributed by atoms with E-state index in [-0.39, 0.29) is 0 Å². The number of aliphatic hydroxyl groups is 3. The van der Waals surface area contributed by atoms with Crippen molar-refractivity contribution in [1.29, 1.82) is 0 Å². The van der Waals surface area contributed by atoms with E-state index in [1.165, 1.54) is 77.0 Å². The molecule has 0 aromatic rings. The largest absolute Gasteiger partial charge is 0.388 e. The molecular formula is C22H44O5. The Hall–Kier alpha value is -0.200. The summed E-state index contributed by atoms with van der Waals surface area (Å²) in [5.74, 6) is 0. The molecule has 0 amide bonds. The number of hydrogen-bond donors (Lipinski definition) is 3. The van der Waals surface area contributed by atoms with Gasteiger partial charge in [0.1, 0.15) is 18.3 Å². The maximum absolute atomic E-state index is 9.88. The van der Waals surface area contributed by atoms with Gasteiger partial charge in [0, 0.05) is 6.61 Å². The quantitative estimate of drug-likeness (QED) is 0.343. The first kappa shape index (κ1) is 24.8. The molecular weight excluding hydrogens is 344 g/mol. The second-order valence-electron chi connectivity index (χ2n) is 8.15. The maximum Gasteiger partial charge on any atom is 0.186 e. The lowest BCUT2D eigenvalue weighted by Crippen LogP contribution is -2.57. The topological polar surface area (TPSA) is 79.2 Å². The molecule has 0 bridgehead atoms. The summed E-state index contributed by atoms with van der Waals surface area (Å²) in [5.41, 5.74) is 0. The van der Waals surface area contributed by atoms with Gasteiger partial charge in [0.2, 0.25) is 0 Å². The minimum absolute atomic E-state index is 0.509. The van der Waals surface area contributed by atoms with Crippen molar-refractivity contribution in [3.63, 3.8) is 0 Å². The molecule has 162 valence electrons. The SMILES string of the molecule is CCCCCCCCCCCCCCCCO[C@H]1O[C@@H](C)[C@@H](O)[C@@H](O)[C@@H]1O. The van der Waals surface area contributed by atoms with Crippen LogP contribution in [0.15, 0.2) is 0 Å². The molecule has 0 aliphatic carbocycles. The fraction of sp³-hybridized carbons (Fsp3) is 1.00. The number of unbranched alkanes of at least 4 members (excludes halogenated alkanes) is 13. The number of rotatable bonds is 16. The Kier molecular flexibility index (Phi) is 14.4. The number of ether oxygens (including phenoxy) is 2. The summed E-state index contributed by atoms with van der Waals surface area (Å²) in [7, 11) is 0. The average molecular weight is 389 g/mol. The third-order valence-corrected chi connectivity index (χ3v) is 5.59. The van der Waals surface area contributed by atoms with Crippen LogP contribution in [0.25, 0.3) is 0 Å². The average Bonchev–Trinajstić information content (AvgIpc) is 2.67. The minimum atomic E-state index is -1.21. The van der Waals surface area contributed by atoms with Crippen molar-refractivity contribution in [2.24, 2.45) is 0 Å². The number of aliphatic hydroxyl groups excluding tert-OH is 3. The molecule has 5 nitrogen and oxygen atoms in total. The lowest BCUT2D eigenvalue weighted by molar-refractivity contribution is -0.293. The van der Waals surface area contributed by atoms with E-state index in [1.54, 1.807) is 6.92 Å². The van der Waals surface area contributed by atoms with Crippen LogP contribution in [0, 0.1) is 0 Å². The normalized spacial score (nSPS) is 28.6. The van der Waals surface area contributed by atoms with Crippen molar-refractivity contribution in [1.82, 2.24) is 0 Å². The summed E-state index contributed by atoms with van der Waals surface area (Å²) >= 11 is 0. The predicted molar refractivity (Wildman–Crippen MR) is 109 cm³/mol. The van der Waals surface area contributed by atoms with Gasteiger partial charge in [-0.3, -0.25) is 0 Å². The van der Waals surface area contributed by atoms with Crippen molar-refractivity contribution >= 4 is 0 Å². The van der Waals surface area contributed by atoms with E-state index in [0.717, 1.165) is 12.8 Å². The molecule has 1 aliphatic heterocycles. The van der Waals surface area contributed by atoms with Crippen LogP contribution in [0.4, 0.5) is 0 Å². The minimum Gasteiger partial charge on any atom is -0.388 e. The standard InChI is InChI=1S/C22H44O5/c1-3-4-5-6-7-8-9-10-11-12-13-14-15-16-17-26-22-21(25)20(24)19(23)18(2)27-22/h18-25H,3-17H2,1-2H3/t18-,19+,20+,21-,22-/m0/s1. The van der Waals surface area contributed by atoms with Gasteiger partial charge < -0.3 is 24.8 Å². The third-order valence-electron chi connectivity index (χ3n) is 5.59. The van der Waals surface area contributed by atoms with Gasteiger partial charge in [-0.15, -0.1) is 0 Å². The van der Waals surface area contributed by atoms with Gasteiger partial charge in [0.25, 0.3) is 0 Å². The zero-order chi connectivity index (χ0) is 19.9. The van der Waals surface area contributed by atoms with Crippen molar-refractivity contribution in [2.45, 2.75) is 134 Å². The first-order valence-electron chi connectivity index (χ1n) is 11.4. The van der Waals surface area contributed by atoms with Crippen LogP contribution in [-0.2, 0) is 9.47 Å². The summed E-state index contributed by atoms with van der Waals surface area (Å²) in [6, 6.07) is 0. The Morgan fingerprint density at radius 1 is 0.630 bits per heavy atom. The Bertz CT molecular complexity index is 339. The summed E-state index contributed by atoms with van der Waals surface area (Å²) in [5, 5.41) is 29.3. The first-order valence-corrected chi connectivity index (χ1v) is 11.4. The van der Waals surface area contributed by atoms with E-state index in [9.17, 15) is 15.3 Å². The Morgan fingerprint density at radius 3 is 1.56 bits per heavy atom. The van der Waals surface area contributed by atoms with E-state index >= 15 is 0 Å². The van der Waals surface area contributed by atoms with Crippen LogP contribution >= 0.6 is 0 Å². The van der Waals surface area contributed by atoms with Gasteiger partial charge in [0.05, 0.1) is 6.10 Å². The lowest BCUT2D eigenvalue weighted by atomic mass is 10.00. The van der Waals surface area contributed by atoms with Crippen LogP contribution in [0.1, 0.15) is 104 Å². The van der Waals surface area contributed by atoms with E-state index in [4.69, 9.17) is 9.47 Å². The summed E-state index contributed by atoms with van der Waals surface area (Å²) < 4.78 is 11.0. The smallest absolute Gasteiger partial charge is 0.186 e. The van der Waals surface area contributed by atoms with Gasteiger partial charge >= 0.3 is 0 Å². The van der Waals surface area contributed by atoms with E-state index < -0.39 is 30.7 Å². The van der Waals surface area contributed by atoms with E-state index in [0.29, 0.717) is 6.61 Å². The van der Waals surface area contributed by atoms with Crippen molar-refractivity contribution in [3.8, 4) is 0 Å². The highest BCUT2D eigenvalue weighted by atomic mass is 16.7. The molecule has 0 unspecified atom stereocenters. The van der Waals surface area contributed by atoms with Gasteiger partial charge in [-0.2, -0.15) is 0 Å². The summed E-state index contributed by atoms with van der Waals surface area (Å²) in [4.78, 5) is 0. The van der Waals surface area contributed by atoms with Crippen LogP contribution < -0.4 is 0 Å². The van der Waals surface area contributed by atoms with Gasteiger partial charge in [-0.1, -0.05) is 90.4 Å². The van der Waals surface area contributed by atoms with Crippen LogP contribution in [-0.4, -0.2) is 52.6 Å². The molecule has 5 heteroatoms. The molecule has 5 atom stereocenters. The fourth-order valence-corrected chi connectivity index (χ4v) is 3.65. The highest BCUT2D eigenvalue weighted by Crippen LogP contribution is 2.22. The zero-order valence-corrected chi connectivity index (χ0v) is 17.7. The second-order valence-corrected chi connectivity index (χ2v) is 8.15. The molecule has 0 aromatic heterocycles. The van der Waals surface area contributed by atoms with Crippen molar-refractivity contribution in [3.05, 3.63) is 0 Å². The molecule has 1 fully saturated rings. The number of hydrogen-bond acceptors (Lipinski definition) is 5. The van der Waals surface area contributed by atoms with Crippen molar-refractivity contribution < 1.29 is 24.8 Å². The lowest BCUT2D eigenvalue weighted by Gasteiger charge is -2.38. The van der Waals surface area contributed by atoms with Crippen LogP contribution in [0.2, 0.25) is 0 Å². The molecule has 1 rings (SSSR count). The highest BCUT2D eigenvalue weighted by molar-refractivity contribution is 4.87. The van der Waals surface area contributed by atoms with E-state index in [1.807, 2.05) is 0 Å². The zero-order valence-electron chi connectivity index (χ0n) is 17.7. The van der Waals surface area contributed by atoms with E-state index in [2.05, 4.69) is 6.92 Å². The molecule has 1 heterocycles. The first-order chi connectivity index (χ1) is 13.1. The second kappa shape index (κ2) is 15.7.